The molecule has 0 radical (unpaired) electrons. The zero-order valence-corrected chi connectivity index (χ0v) is 14.9. The first-order chi connectivity index (χ1) is 12.6. The topological polar surface area (TPSA) is 61.4 Å². The molecule has 0 saturated carbocycles. The molecule has 2 aromatic rings. The standard InChI is InChI=1S/C21H23N3O2/c1-24-19-8-6-16(12-15(19)7-9-20(24)25)21(26)23-13-18-17-5-3-2-4-14(17)10-11-22-18/h2-6,8,12,18,22H,7,9-11,13H2,1H3,(H,23,26). The third-order valence-electron chi connectivity index (χ3n) is 5.37. The van der Waals surface area contributed by atoms with E-state index in [1.165, 1.54) is 11.1 Å². The molecule has 1 unspecified atom stereocenters. The number of hydrogen-bond donors (Lipinski definition) is 2. The summed E-state index contributed by atoms with van der Waals surface area (Å²) >= 11 is 0. The molecule has 0 spiro atoms. The maximum atomic E-state index is 12.6. The predicted molar refractivity (Wildman–Crippen MR) is 101 cm³/mol. The average molecular weight is 349 g/mol. The molecule has 2 heterocycles. The molecule has 2 aromatic carbocycles. The van der Waals surface area contributed by atoms with Gasteiger partial charge >= 0.3 is 0 Å². The number of benzene rings is 2. The van der Waals surface area contributed by atoms with Crippen molar-refractivity contribution in [2.24, 2.45) is 0 Å². The number of anilines is 1. The van der Waals surface area contributed by atoms with Gasteiger partial charge in [0.05, 0.1) is 0 Å². The van der Waals surface area contributed by atoms with Crippen LogP contribution in [-0.2, 0) is 17.6 Å². The van der Waals surface area contributed by atoms with E-state index in [0.29, 0.717) is 24.9 Å². The van der Waals surface area contributed by atoms with Crippen LogP contribution in [0.2, 0.25) is 0 Å². The monoisotopic (exact) mass is 349 g/mol. The summed E-state index contributed by atoms with van der Waals surface area (Å²) in [6.07, 6.45) is 2.21. The van der Waals surface area contributed by atoms with Crippen LogP contribution in [0.15, 0.2) is 42.5 Å². The largest absolute Gasteiger partial charge is 0.350 e. The van der Waals surface area contributed by atoms with Crippen LogP contribution in [0, 0.1) is 0 Å². The van der Waals surface area contributed by atoms with Crippen LogP contribution in [-0.4, -0.2) is 32.0 Å². The van der Waals surface area contributed by atoms with Crippen molar-refractivity contribution in [3.63, 3.8) is 0 Å². The molecule has 26 heavy (non-hydrogen) atoms. The van der Waals surface area contributed by atoms with E-state index >= 15 is 0 Å². The van der Waals surface area contributed by atoms with Gasteiger partial charge in [-0.25, -0.2) is 0 Å². The van der Waals surface area contributed by atoms with Gasteiger partial charge in [-0.2, -0.15) is 0 Å². The van der Waals surface area contributed by atoms with Crippen molar-refractivity contribution in [1.29, 1.82) is 0 Å². The minimum atomic E-state index is -0.0720. The molecule has 2 amide bonds. The molecule has 4 rings (SSSR count). The van der Waals surface area contributed by atoms with Crippen molar-refractivity contribution in [2.45, 2.75) is 25.3 Å². The summed E-state index contributed by atoms with van der Waals surface area (Å²) in [6.45, 7) is 1.49. The predicted octanol–water partition coefficient (Wildman–Crippen LogP) is 2.21. The molecule has 134 valence electrons. The molecule has 0 bridgehead atoms. The van der Waals surface area contributed by atoms with Crippen molar-refractivity contribution < 1.29 is 9.59 Å². The Balaban J connectivity index is 1.46. The molecule has 2 N–H and O–H groups in total. The summed E-state index contributed by atoms with van der Waals surface area (Å²) in [7, 11) is 1.78. The number of hydrogen-bond acceptors (Lipinski definition) is 3. The Labute approximate surface area is 153 Å². The van der Waals surface area contributed by atoms with E-state index in [2.05, 4.69) is 28.8 Å². The number of nitrogens with one attached hydrogen (secondary N) is 2. The lowest BCUT2D eigenvalue weighted by molar-refractivity contribution is -0.118. The number of nitrogens with zero attached hydrogens (tertiary/aromatic N) is 1. The summed E-state index contributed by atoms with van der Waals surface area (Å²) in [6, 6.07) is 14.1. The smallest absolute Gasteiger partial charge is 0.251 e. The molecule has 5 heteroatoms. The number of fused-ring (bicyclic) bond motifs is 2. The van der Waals surface area contributed by atoms with E-state index < -0.39 is 0 Å². The van der Waals surface area contributed by atoms with Crippen LogP contribution in [0.3, 0.4) is 0 Å². The first kappa shape index (κ1) is 16.8. The lowest BCUT2D eigenvalue weighted by atomic mass is 9.94. The highest BCUT2D eigenvalue weighted by atomic mass is 16.2. The average Bonchev–Trinajstić information content (AvgIpc) is 2.68. The van der Waals surface area contributed by atoms with Crippen molar-refractivity contribution >= 4 is 17.5 Å². The minimum absolute atomic E-state index is 0.0720. The number of aryl methyl sites for hydroxylation is 1. The van der Waals surface area contributed by atoms with E-state index in [1.807, 2.05) is 18.2 Å². The van der Waals surface area contributed by atoms with Crippen LogP contribution in [0.1, 0.15) is 39.5 Å². The van der Waals surface area contributed by atoms with Crippen molar-refractivity contribution in [1.82, 2.24) is 10.6 Å². The zero-order chi connectivity index (χ0) is 18.1. The molecule has 0 aromatic heterocycles. The fourth-order valence-corrected chi connectivity index (χ4v) is 3.87. The van der Waals surface area contributed by atoms with Gasteiger partial charge in [-0.15, -0.1) is 0 Å². The SMILES string of the molecule is CN1C(=O)CCc2cc(C(=O)NCC3NCCc4ccccc43)ccc21. The fourth-order valence-electron chi connectivity index (χ4n) is 3.87. The van der Waals surface area contributed by atoms with E-state index in [0.717, 1.165) is 24.2 Å². The number of amides is 2. The second-order valence-electron chi connectivity index (χ2n) is 6.96. The van der Waals surface area contributed by atoms with Gasteiger partial charge in [0.15, 0.2) is 0 Å². The summed E-state index contributed by atoms with van der Waals surface area (Å²) in [5.74, 6) is 0.0500. The van der Waals surface area contributed by atoms with Crippen LogP contribution >= 0.6 is 0 Å². The van der Waals surface area contributed by atoms with Gasteiger partial charge in [0, 0.05) is 37.3 Å². The Hall–Kier alpha value is -2.66. The van der Waals surface area contributed by atoms with Crippen molar-refractivity contribution in [2.75, 3.05) is 25.0 Å². The molecule has 2 aliphatic rings. The van der Waals surface area contributed by atoms with Crippen molar-refractivity contribution in [3.8, 4) is 0 Å². The summed E-state index contributed by atoms with van der Waals surface area (Å²) in [5, 5.41) is 6.54. The minimum Gasteiger partial charge on any atom is -0.350 e. The molecular weight excluding hydrogens is 326 g/mol. The van der Waals surface area contributed by atoms with Gasteiger partial charge in [0.2, 0.25) is 5.91 Å². The molecular formula is C21H23N3O2. The first-order valence-corrected chi connectivity index (χ1v) is 9.12. The lowest BCUT2D eigenvalue weighted by Crippen LogP contribution is -2.39. The van der Waals surface area contributed by atoms with Crippen molar-refractivity contribution in [3.05, 3.63) is 64.7 Å². The highest BCUT2D eigenvalue weighted by molar-refractivity contribution is 5.98. The number of carbonyl (C=O) groups is 2. The maximum absolute atomic E-state index is 12.6. The van der Waals surface area contributed by atoms with E-state index in [-0.39, 0.29) is 17.9 Å². The first-order valence-electron chi connectivity index (χ1n) is 9.12. The Bertz CT molecular complexity index is 862. The molecule has 2 aliphatic heterocycles. The van der Waals surface area contributed by atoms with Gasteiger partial charge < -0.3 is 15.5 Å². The second-order valence-corrected chi connectivity index (χ2v) is 6.96. The molecule has 5 nitrogen and oxygen atoms in total. The molecule has 1 atom stereocenters. The summed E-state index contributed by atoms with van der Waals surface area (Å²) < 4.78 is 0. The Morgan fingerprint density at radius 1 is 1.15 bits per heavy atom. The molecule has 0 fully saturated rings. The van der Waals surface area contributed by atoms with Gasteiger partial charge in [0.1, 0.15) is 0 Å². The fraction of sp³-hybridized carbons (Fsp3) is 0.333. The quantitative estimate of drug-likeness (QED) is 0.893. The van der Waals surface area contributed by atoms with Gasteiger partial charge in [-0.3, -0.25) is 9.59 Å². The maximum Gasteiger partial charge on any atom is 0.251 e. The Morgan fingerprint density at radius 3 is 2.88 bits per heavy atom. The third-order valence-corrected chi connectivity index (χ3v) is 5.37. The Morgan fingerprint density at radius 2 is 2.00 bits per heavy atom. The van der Waals surface area contributed by atoms with E-state index in [9.17, 15) is 9.59 Å². The summed E-state index contributed by atoms with van der Waals surface area (Å²) in [4.78, 5) is 26.1. The van der Waals surface area contributed by atoms with Gasteiger partial charge in [-0.1, -0.05) is 24.3 Å². The number of rotatable bonds is 3. The number of carbonyl (C=O) groups excluding carboxylic acids is 2. The van der Waals surface area contributed by atoms with Gasteiger partial charge in [-0.05, 0) is 54.3 Å². The highest BCUT2D eigenvalue weighted by Crippen LogP contribution is 2.27. The Kier molecular flexibility index (Phi) is 4.47. The highest BCUT2D eigenvalue weighted by Gasteiger charge is 2.23. The zero-order valence-electron chi connectivity index (χ0n) is 14.9. The molecule has 0 saturated heterocycles. The van der Waals surface area contributed by atoms with Crippen LogP contribution in [0.25, 0.3) is 0 Å². The summed E-state index contributed by atoms with van der Waals surface area (Å²) in [5.41, 5.74) is 5.23. The second kappa shape index (κ2) is 6.92. The van der Waals surface area contributed by atoms with Crippen LogP contribution in [0.5, 0.6) is 0 Å². The molecule has 0 aliphatic carbocycles. The van der Waals surface area contributed by atoms with Crippen LogP contribution in [0.4, 0.5) is 5.69 Å². The van der Waals surface area contributed by atoms with E-state index in [4.69, 9.17) is 0 Å². The van der Waals surface area contributed by atoms with Crippen LogP contribution < -0.4 is 15.5 Å². The van der Waals surface area contributed by atoms with Gasteiger partial charge in [0.25, 0.3) is 5.91 Å². The third kappa shape index (κ3) is 3.10. The van der Waals surface area contributed by atoms with E-state index in [1.54, 1.807) is 18.0 Å². The lowest BCUT2D eigenvalue weighted by Gasteiger charge is -2.27. The normalized spacial score (nSPS) is 18.9.